The van der Waals surface area contributed by atoms with Crippen LogP contribution in [0.5, 0.6) is 0 Å². The Kier molecular flexibility index (Phi) is 4.67. The molecule has 2 aromatic carbocycles. The monoisotopic (exact) mass is 390 g/mol. The number of hydrogen-bond donors (Lipinski definition) is 1. The predicted molar refractivity (Wildman–Crippen MR) is 110 cm³/mol. The molecule has 0 aliphatic carbocycles. The van der Waals surface area contributed by atoms with Gasteiger partial charge in [-0.3, -0.25) is 9.59 Å². The van der Waals surface area contributed by atoms with E-state index in [1.807, 2.05) is 19.1 Å². The van der Waals surface area contributed by atoms with Crippen molar-refractivity contribution in [2.45, 2.75) is 6.92 Å². The fourth-order valence-corrected chi connectivity index (χ4v) is 3.04. The van der Waals surface area contributed by atoms with E-state index in [0.29, 0.717) is 33.5 Å². The number of anilines is 1. The summed E-state index contributed by atoms with van der Waals surface area (Å²) in [4.78, 5) is 28.7. The van der Waals surface area contributed by atoms with Gasteiger partial charge in [0.15, 0.2) is 10.6 Å². The summed E-state index contributed by atoms with van der Waals surface area (Å²) < 4.78 is 5.87. The molecule has 0 fully saturated rings. The van der Waals surface area contributed by atoms with Gasteiger partial charge in [-0.2, -0.15) is 0 Å². The van der Waals surface area contributed by atoms with Crippen LogP contribution < -0.4 is 10.7 Å². The lowest BCUT2D eigenvalue weighted by Crippen LogP contribution is -2.12. The lowest BCUT2D eigenvalue weighted by atomic mass is 10.1. The Morgan fingerprint density at radius 1 is 1.07 bits per heavy atom. The minimum atomic E-state index is -0.308. The van der Waals surface area contributed by atoms with Gasteiger partial charge < -0.3 is 9.73 Å². The van der Waals surface area contributed by atoms with Crippen LogP contribution in [0.25, 0.3) is 22.3 Å². The normalized spacial score (nSPS) is 10.8. The molecule has 0 atom stereocenters. The number of carbonyl (C=O) groups excluding carboxylic acids is 1. The van der Waals surface area contributed by atoms with Crippen LogP contribution in [0.4, 0.5) is 5.69 Å². The molecule has 0 unspecified atom stereocenters. The molecule has 138 valence electrons. The molecule has 1 amide bonds. The van der Waals surface area contributed by atoms with E-state index in [9.17, 15) is 9.59 Å². The molecule has 1 N–H and O–H groups in total. The van der Waals surface area contributed by atoms with E-state index in [-0.39, 0.29) is 16.5 Å². The number of nitrogens with zero attached hydrogens (tertiary/aromatic N) is 1. The van der Waals surface area contributed by atoms with Gasteiger partial charge in [0, 0.05) is 23.4 Å². The molecule has 5 nitrogen and oxygen atoms in total. The van der Waals surface area contributed by atoms with Crippen molar-refractivity contribution in [1.82, 2.24) is 4.98 Å². The first kappa shape index (κ1) is 17.9. The molecule has 0 saturated heterocycles. The highest BCUT2D eigenvalue weighted by atomic mass is 35.5. The van der Waals surface area contributed by atoms with Gasteiger partial charge in [0.25, 0.3) is 5.91 Å². The summed E-state index contributed by atoms with van der Waals surface area (Å²) in [5, 5.41) is 3.49. The van der Waals surface area contributed by atoms with E-state index in [1.165, 1.54) is 6.07 Å². The standard InChI is InChI=1S/C22H15ClN2O3/c1-13-4-9-19-16(11-13)18(26)12-20(28-19)14-5-7-15(8-6-14)22(27)25-17-3-2-10-24-21(17)23/h2-12H,1H3,(H,25,27). The van der Waals surface area contributed by atoms with Gasteiger partial charge in [-0.25, -0.2) is 4.98 Å². The van der Waals surface area contributed by atoms with E-state index in [1.54, 1.807) is 48.7 Å². The second-order valence-corrected chi connectivity index (χ2v) is 6.71. The zero-order chi connectivity index (χ0) is 19.7. The summed E-state index contributed by atoms with van der Waals surface area (Å²) in [6.07, 6.45) is 1.55. The quantitative estimate of drug-likeness (QED) is 0.496. The van der Waals surface area contributed by atoms with Crippen LogP contribution >= 0.6 is 11.6 Å². The molecule has 0 aliphatic heterocycles. The van der Waals surface area contributed by atoms with Gasteiger partial charge in [-0.1, -0.05) is 35.4 Å². The topological polar surface area (TPSA) is 72.2 Å². The van der Waals surface area contributed by atoms with Crippen LogP contribution in [0, 0.1) is 6.92 Å². The Morgan fingerprint density at radius 2 is 1.86 bits per heavy atom. The average Bonchev–Trinajstić information content (AvgIpc) is 2.70. The summed E-state index contributed by atoms with van der Waals surface area (Å²) in [6, 6.07) is 17.1. The highest BCUT2D eigenvalue weighted by Gasteiger charge is 2.11. The number of pyridine rings is 1. The van der Waals surface area contributed by atoms with Gasteiger partial charge in [-0.05, 0) is 43.3 Å². The minimum Gasteiger partial charge on any atom is -0.456 e. The molecule has 0 radical (unpaired) electrons. The molecule has 4 aromatic rings. The molecule has 0 bridgehead atoms. The molecular formula is C22H15ClN2O3. The first-order valence-corrected chi connectivity index (χ1v) is 8.96. The number of amides is 1. The van der Waals surface area contributed by atoms with Gasteiger partial charge in [0.05, 0.1) is 11.1 Å². The van der Waals surface area contributed by atoms with Gasteiger partial charge in [0.1, 0.15) is 11.3 Å². The summed E-state index contributed by atoms with van der Waals surface area (Å²) in [7, 11) is 0. The number of rotatable bonds is 3. The van der Waals surface area contributed by atoms with Crippen LogP contribution in [-0.4, -0.2) is 10.9 Å². The molecule has 0 spiro atoms. The number of aromatic nitrogens is 1. The minimum absolute atomic E-state index is 0.104. The third-order valence-corrected chi connectivity index (χ3v) is 4.62. The molecule has 0 aliphatic rings. The van der Waals surface area contributed by atoms with Crippen molar-refractivity contribution in [3.8, 4) is 11.3 Å². The van der Waals surface area contributed by atoms with Crippen molar-refractivity contribution < 1.29 is 9.21 Å². The summed E-state index contributed by atoms with van der Waals surface area (Å²) >= 11 is 5.97. The Hall–Kier alpha value is -3.44. The third kappa shape index (κ3) is 3.52. The first-order valence-electron chi connectivity index (χ1n) is 8.58. The number of halogens is 1. The van der Waals surface area contributed by atoms with Gasteiger partial charge in [0.2, 0.25) is 0 Å². The molecule has 28 heavy (non-hydrogen) atoms. The van der Waals surface area contributed by atoms with Crippen LogP contribution in [0.3, 0.4) is 0 Å². The van der Waals surface area contributed by atoms with Gasteiger partial charge >= 0.3 is 0 Å². The summed E-state index contributed by atoms with van der Waals surface area (Å²) in [5.74, 6) is 0.139. The Morgan fingerprint density at radius 3 is 2.61 bits per heavy atom. The third-order valence-electron chi connectivity index (χ3n) is 4.32. The maximum absolute atomic E-state index is 12.4. The van der Waals surface area contributed by atoms with E-state index in [2.05, 4.69) is 10.3 Å². The number of benzene rings is 2. The maximum atomic E-state index is 12.4. The number of aryl methyl sites for hydroxylation is 1. The van der Waals surface area contributed by atoms with Crippen molar-refractivity contribution in [3.05, 3.63) is 93.4 Å². The zero-order valence-corrected chi connectivity index (χ0v) is 15.7. The van der Waals surface area contributed by atoms with Crippen molar-refractivity contribution >= 4 is 34.2 Å². The largest absolute Gasteiger partial charge is 0.456 e. The highest BCUT2D eigenvalue weighted by molar-refractivity contribution is 6.32. The molecule has 4 rings (SSSR count). The Labute approximate surface area is 165 Å². The zero-order valence-electron chi connectivity index (χ0n) is 14.9. The molecule has 6 heteroatoms. The Balaban J connectivity index is 1.62. The second kappa shape index (κ2) is 7.29. The van der Waals surface area contributed by atoms with E-state index in [4.69, 9.17) is 16.0 Å². The van der Waals surface area contributed by atoms with Crippen molar-refractivity contribution in [1.29, 1.82) is 0 Å². The van der Waals surface area contributed by atoms with E-state index in [0.717, 1.165) is 5.56 Å². The van der Waals surface area contributed by atoms with Crippen LogP contribution in [0.2, 0.25) is 5.15 Å². The average molecular weight is 391 g/mol. The van der Waals surface area contributed by atoms with Crippen molar-refractivity contribution in [2.75, 3.05) is 5.32 Å². The van der Waals surface area contributed by atoms with E-state index < -0.39 is 0 Å². The highest BCUT2D eigenvalue weighted by Crippen LogP contribution is 2.24. The molecular weight excluding hydrogens is 376 g/mol. The molecule has 2 aromatic heterocycles. The van der Waals surface area contributed by atoms with Crippen molar-refractivity contribution in [2.24, 2.45) is 0 Å². The van der Waals surface area contributed by atoms with Crippen LogP contribution in [0.1, 0.15) is 15.9 Å². The van der Waals surface area contributed by atoms with E-state index >= 15 is 0 Å². The smallest absolute Gasteiger partial charge is 0.255 e. The second-order valence-electron chi connectivity index (χ2n) is 6.35. The number of hydrogen-bond acceptors (Lipinski definition) is 4. The SMILES string of the molecule is Cc1ccc2oc(-c3ccc(C(=O)Nc4cccnc4Cl)cc3)cc(=O)c2c1. The summed E-state index contributed by atoms with van der Waals surface area (Å²) in [6.45, 7) is 1.93. The lowest BCUT2D eigenvalue weighted by molar-refractivity contribution is 0.102. The maximum Gasteiger partial charge on any atom is 0.255 e. The van der Waals surface area contributed by atoms with Crippen molar-refractivity contribution in [3.63, 3.8) is 0 Å². The van der Waals surface area contributed by atoms with Crippen LogP contribution in [0.15, 0.2) is 76.1 Å². The predicted octanol–water partition coefficient (Wildman–Crippen LogP) is 5.07. The number of nitrogens with one attached hydrogen (secondary N) is 1. The number of fused-ring (bicyclic) bond motifs is 1. The Bertz CT molecular complexity index is 1250. The first-order chi connectivity index (χ1) is 13.5. The lowest BCUT2D eigenvalue weighted by Gasteiger charge is -2.07. The molecule has 0 saturated carbocycles. The fraction of sp³-hybridized carbons (Fsp3) is 0.0455. The van der Waals surface area contributed by atoms with Gasteiger partial charge in [-0.15, -0.1) is 0 Å². The summed E-state index contributed by atoms with van der Waals surface area (Å²) in [5.41, 5.74) is 3.01. The molecule has 2 heterocycles. The number of carbonyl (C=O) groups is 1. The van der Waals surface area contributed by atoms with Crippen LogP contribution in [-0.2, 0) is 0 Å². The fourth-order valence-electron chi connectivity index (χ4n) is 2.87.